The van der Waals surface area contributed by atoms with Gasteiger partial charge in [0.15, 0.2) is 5.65 Å². The predicted octanol–water partition coefficient (Wildman–Crippen LogP) is 1.41. The minimum Gasteiger partial charge on any atom is -0.422 e. The van der Waals surface area contributed by atoms with E-state index >= 15 is 0 Å². The largest absolute Gasteiger partial charge is 0.422 e. The van der Waals surface area contributed by atoms with Crippen LogP contribution in [0.1, 0.15) is 25.7 Å². The highest BCUT2D eigenvalue weighted by Gasteiger charge is 2.17. The molecule has 1 fully saturated rings. The fraction of sp³-hybridized carbons (Fsp3) is 0.462. The summed E-state index contributed by atoms with van der Waals surface area (Å²) in [6.45, 7) is 1.79. The summed E-state index contributed by atoms with van der Waals surface area (Å²) in [5.74, 6) is 0.639. The molecule has 0 aliphatic carbocycles. The molecule has 0 spiro atoms. The molecule has 0 saturated carbocycles. The summed E-state index contributed by atoms with van der Waals surface area (Å²) in [4.78, 5) is 21.9. The monoisotopic (exact) mass is 260 g/mol. The van der Waals surface area contributed by atoms with Crippen molar-refractivity contribution in [3.63, 3.8) is 0 Å². The molecular weight excluding hydrogens is 244 g/mol. The molecule has 6 heteroatoms. The highest BCUT2D eigenvalue weighted by molar-refractivity contribution is 5.86. The Bertz CT molecular complexity index is 645. The zero-order valence-electron chi connectivity index (χ0n) is 10.6. The third-order valence-corrected chi connectivity index (χ3v) is 3.52. The summed E-state index contributed by atoms with van der Waals surface area (Å²) in [5.41, 5.74) is -0.410. The number of hydrogen-bond donors (Lipinski definition) is 1. The van der Waals surface area contributed by atoms with Crippen molar-refractivity contribution in [2.45, 2.75) is 25.7 Å². The summed E-state index contributed by atoms with van der Waals surface area (Å²) in [6.07, 6.45) is 6.19. The van der Waals surface area contributed by atoms with E-state index in [1.54, 1.807) is 12.3 Å². The van der Waals surface area contributed by atoms with Crippen LogP contribution >= 0.6 is 0 Å². The highest BCUT2D eigenvalue weighted by atomic mass is 16.5. The summed E-state index contributed by atoms with van der Waals surface area (Å²) in [7, 11) is 0. The van der Waals surface area contributed by atoms with Crippen molar-refractivity contribution in [2.24, 2.45) is 0 Å². The van der Waals surface area contributed by atoms with E-state index in [1.807, 2.05) is 6.07 Å². The number of pyridine rings is 1. The number of aromatic nitrogens is 3. The molecule has 0 atom stereocenters. The molecule has 0 unspecified atom stereocenters. The number of hydrogen-bond acceptors (Lipinski definition) is 5. The fourth-order valence-corrected chi connectivity index (χ4v) is 2.55. The van der Waals surface area contributed by atoms with E-state index in [0.717, 1.165) is 25.9 Å². The van der Waals surface area contributed by atoms with Crippen LogP contribution in [0.3, 0.4) is 0 Å². The summed E-state index contributed by atoms with van der Waals surface area (Å²) < 4.78 is 0.511. The topological polar surface area (TPSA) is 71.2 Å². The van der Waals surface area contributed by atoms with Crippen LogP contribution in [0.5, 0.6) is 0 Å². The minimum absolute atomic E-state index is 0.266. The molecule has 0 amide bonds. The molecule has 3 rings (SSSR count). The second-order valence-electron chi connectivity index (χ2n) is 4.81. The fourth-order valence-electron chi connectivity index (χ4n) is 2.55. The van der Waals surface area contributed by atoms with E-state index in [1.165, 1.54) is 12.8 Å². The maximum absolute atomic E-state index is 11.7. The number of fused-ring (bicyclic) bond motifs is 1. The van der Waals surface area contributed by atoms with Crippen LogP contribution in [-0.4, -0.2) is 33.0 Å². The van der Waals surface area contributed by atoms with Crippen molar-refractivity contribution in [1.29, 1.82) is 0 Å². The standard InChI is InChI=1S/C13H16N4O2/c18-13-15-12(16-8-3-1-2-4-9-16)10-6-5-7-14-11(10)17(13)19/h5-7,19H,1-4,8-9H2. The van der Waals surface area contributed by atoms with Crippen molar-refractivity contribution >= 4 is 16.9 Å². The molecule has 1 N–H and O–H groups in total. The molecule has 1 saturated heterocycles. The Balaban J connectivity index is 2.17. The Morgan fingerprint density at radius 3 is 2.63 bits per heavy atom. The van der Waals surface area contributed by atoms with Gasteiger partial charge in [0.25, 0.3) is 0 Å². The number of rotatable bonds is 1. The van der Waals surface area contributed by atoms with Gasteiger partial charge in [-0.1, -0.05) is 12.8 Å². The van der Waals surface area contributed by atoms with Crippen LogP contribution in [0.25, 0.3) is 11.0 Å². The van der Waals surface area contributed by atoms with Gasteiger partial charge >= 0.3 is 5.69 Å². The van der Waals surface area contributed by atoms with Crippen LogP contribution in [0.4, 0.5) is 5.82 Å². The molecule has 3 heterocycles. The van der Waals surface area contributed by atoms with Gasteiger partial charge in [-0.05, 0) is 25.0 Å². The number of anilines is 1. The Morgan fingerprint density at radius 2 is 1.89 bits per heavy atom. The average molecular weight is 260 g/mol. The smallest absolute Gasteiger partial charge is 0.384 e. The van der Waals surface area contributed by atoms with Crippen LogP contribution in [0, 0.1) is 0 Å². The quantitative estimate of drug-likeness (QED) is 0.785. The molecule has 0 bridgehead atoms. The Morgan fingerprint density at radius 1 is 1.16 bits per heavy atom. The van der Waals surface area contributed by atoms with E-state index in [-0.39, 0.29) is 5.65 Å². The molecular formula is C13H16N4O2. The second kappa shape index (κ2) is 4.87. The summed E-state index contributed by atoms with van der Waals surface area (Å²) in [5, 5.41) is 10.4. The molecule has 0 radical (unpaired) electrons. The van der Waals surface area contributed by atoms with Gasteiger partial charge in [-0.25, -0.2) is 9.78 Å². The third kappa shape index (κ3) is 2.14. The SMILES string of the molecule is O=c1nc(N2CCCCCC2)c2cccnc2n1O. The van der Waals surface area contributed by atoms with E-state index in [4.69, 9.17) is 0 Å². The first-order chi connectivity index (χ1) is 9.27. The van der Waals surface area contributed by atoms with Gasteiger partial charge in [0.2, 0.25) is 0 Å². The van der Waals surface area contributed by atoms with Crippen molar-refractivity contribution in [1.82, 2.24) is 14.7 Å². The molecule has 6 nitrogen and oxygen atoms in total. The maximum Gasteiger partial charge on any atom is 0.384 e. The Kier molecular flexibility index (Phi) is 3.06. The van der Waals surface area contributed by atoms with Gasteiger partial charge in [-0.15, -0.1) is 4.73 Å². The van der Waals surface area contributed by atoms with Crippen LogP contribution in [0.2, 0.25) is 0 Å². The van der Waals surface area contributed by atoms with E-state index in [2.05, 4.69) is 14.9 Å². The normalized spacial score (nSPS) is 16.5. The van der Waals surface area contributed by atoms with Gasteiger partial charge in [-0.3, -0.25) is 0 Å². The van der Waals surface area contributed by atoms with Crippen LogP contribution < -0.4 is 10.6 Å². The van der Waals surface area contributed by atoms with Crippen LogP contribution in [0.15, 0.2) is 23.1 Å². The Hall–Kier alpha value is -2.11. The predicted molar refractivity (Wildman–Crippen MR) is 71.7 cm³/mol. The molecule has 100 valence electrons. The van der Waals surface area contributed by atoms with Crippen molar-refractivity contribution in [3.8, 4) is 0 Å². The van der Waals surface area contributed by atoms with Crippen molar-refractivity contribution < 1.29 is 5.21 Å². The minimum atomic E-state index is -0.676. The van der Waals surface area contributed by atoms with E-state index < -0.39 is 5.69 Å². The molecule has 1 aliphatic rings. The highest BCUT2D eigenvalue weighted by Crippen LogP contribution is 2.23. The molecule has 2 aromatic heterocycles. The second-order valence-corrected chi connectivity index (χ2v) is 4.81. The van der Waals surface area contributed by atoms with Gasteiger partial charge in [0.1, 0.15) is 5.82 Å². The Labute approximate surface area is 110 Å². The van der Waals surface area contributed by atoms with Gasteiger partial charge < -0.3 is 10.1 Å². The summed E-state index contributed by atoms with van der Waals surface area (Å²) in [6, 6.07) is 3.62. The van der Waals surface area contributed by atoms with E-state index in [9.17, 15) is 10.0 Å². The van der Waals surface area contributed by atoms with Crippen molar-refractivity contribution in [2.75, 3.05) is 18.0 Å². The van der Waals surface area contributed by atoms with Gasteiger partial charge in [-0.2, -0.15) is 4.98 Å². The number of nitrogens with zero attached hydrogens (tertiary/aromatic N) is 4. The first-order valence-electron chi connectivity index (χ1n) is 6.59. The van der Waals surface area contributed by atoms with Gasteiger partial charge in [0, 0.05) is 19.3 Å². The molecule has 1 aliphatic heterocycles. The third-order valence-electron chi connectivity index (χ3n) is 3.52. The maximum atomic E-state index is 11.7. The van der Waals surface area contributed by atoms with Gasteiger partial charge in [0.05, 0.1) is 5.39 Å². The van der Waals surface area contributed by atoms with Crippen LogP contribution in [-0.2, 0) is 0 Å². The zero-order chi connectivity index (χ0) is 13.2. The average Bonchev–Trinajstić information content (AvgIpc) is 2.72. The lowest BCUT2D eigenvalue weighted by Gasteiger charge is -2.22. The first kappa shape index (κ1) is 12.0. The molecule has 0 aromatic carbocycles. The lowest BCUT2D eigenvalue weighted by molar-refractivity contribution is 0.182. The lowest BCUT2D eigenvalue weighted by Crippen LogP contribution is -2.30. The lowest BCUT2D eigenvalue weighted by atomic mass is 10.2. The zero-order valence-corrected chi connectivity index (χ0v) is 10.6. The first-order valence-corrected chi connectivity index (χ1v) is 6.59. The molecule has 19 heavy (non-hydrogen) atoms. The van der Waals surface area contributed by atoms with Crippen molar-refractivity contribution in [3.05, 3.63) is 28.8 Å². The van der Waals surface area contributed by atoms with E-state index in [0.29, 0.717) is 15.9 Å². The molecule has 2 aromatic rings. The summed E-state index contributed by atoms with van der Waals surface area (Å²) >= 11 is 0.